The number of carbonyl (C=O) groups excluding carboxylic acids is 2. The number of ketones is 1. The Morgan fingerprint density at radius 1 is 0.943 bits per heavy atom. The first-order valence-electron chi connectivity index (χ1n) is 11.2. The molecule has 1 unspecified atom stereocenters. The number of halogens is 1. The minimum atomic E-state index is -0.801. The second kappa shape index (κ2) is 8.73. The van der Waals surface area contributed by atoms with Crippen molar-refractivity contribution in [3.63, 3.8) is 0 Å². The SMILES string of the molecule is Cc1ccc(C)c(/C(O)=C2\C(=O)C(=O)N(c3nc4c(C)cc(C)cc4s3)C2c2ccc(Br)cc2)c1. The molecule has 0 aliphatic carbocycles. The largest absolute Gasteiger partial charge is 0.507 e. The number of benzene rings is 3. The molecule has 0 radical (unpaired) electrons. The first-order valence-corrected chi connectivity index (χ1v) is 12.8. The van der Waals surface area contributed by atoms with E-state index in [4.69, 9.17) is 4.98 Å². The summed E-state index contributed by atoms with van der Waals surface area (Å²) in [5.74, 6) is -1.59. The molecule has 1 N–H and O–H groups in total. The summed E-state index contributed by atoms with van der Waals surface area (Å²) in [6.07, 6.45) is 0. The van der Waals surface area contributed by atoms with Gasteiger partial charge < -0.3 is 5.11 Å². The lowest BCUT2D eigenvalue weighted by atomic mass is 9.93. The van der Waals surface area contributed by atoms with Crippen LogP contribution in [0.1, 0.15) is 39.4 Å². The Kier molecular flexibility index (Phi) is 5.85. The molecular weight excluding hydrogens is 524 g/mol. The number of thiazole rings is 1. The number of amides is 1. The summed E-state index contributed by atoms with van der Waals surface area (Å²) in [7, 11) is 0. The molecule has 2 heterocycles. The van der Waals surface area contributed by atoms with Gasteiger partial charge in [0.25, 0.3) is 5.78 Å². The van der Waals surface area contributed by atoms with Crippen molar-refractivity contribution in [1.82, 2.24) is 4.98 Å². The van der Waals surface area contributed by atoms with E-state index in [9.17, 15) is 14.7 Å². The van der Waals surface area contributed by atoms with E-state index in [0.29, 0.717) is 16.3 Å². The molecule has 4 aromatic rings. The average molecular weight is 547 g/mol. The van der Waals surface area contributed by atoms with Crippen LogP contribution < -0.4 is 4.90 Å². The molecule has 35 heavy (non-hydrogen) atoms. The van der Waals surface area contributed by atoms with E-state index in [2.05, 4.69) is 15.9 Å². The van der Waals surface area contributed by atoms with Crippen LogP contribution in [0.3, 0.4) is 0 Å². The lowest BCUT2D eigenvalue weighted by Crippen LogP contribution is -2.29. The third-order valence-electron chi connectivity index (χ3n) is 6.30. The number of fused-ring (bicyclic) bond motifs is 1. The van der Waals surface area contributed by atoms with Crippen LogP contribution in [0.25, 0.3) is 16.0 Å². The number of nitrogens with zero attached hydrogens (tertiary/aromatic N) is 2. The van der Waals surface area contributed by atoms with Crippen LogP contribution in [-0.2, 0) is 9.59 Å². The lowest BCUT2D eigenvalue weighted by molar-refractivity contribution is -0.132. The minimum absolute atomic E-state index is 0.0678. The molecule has 0 saturated carbocycles. The van der Waals surface area contributed by atoms with Gasteiger partial charge in [-0.3, -0.25) is 14.5 Å². The predicted molar refractivity (Wildman–Crippen MR) is 144 cm³/mol. The average Bonchev–Trinajstić information content (AvgIpc) is 3.34. The summed E-state index contributed by atoms with van der Waals surface area (Å²) in [6, 6.07) is 16.4. The van der Waals surface area contributed by atoms with Gasteiger partial charge in [0.15, 0.2) is 5.13 Å². The number of aromatic nitrogens is 1. The number of carbonyl (C=O) groups is 2. The lowest BCUT2D eigenvalue weighted by Gasteiger charge is -2.23. The summed E-state index contributed by atoms with van der Waals surface area (Å²) in [6.45, 7) is 7.80. The number of Topliss-reactive ketones (excluding diaryl/α,β-unsaturated/α-hetero) is 1. The van der Waals surface area contributed by atoms with E-state index in [1.54, 1.807) is 0 Å². The maximum Gasteiger partial charge on any atom is 0.301 e. The number of aryl methyl sites for hydroxylation is 4. The molecule has 3 aromatic carbocycles. The van der Waals surface area contributed by atoms with Gasteiger partial charge in [-0.2, -0.15) is 0 Å². The molecule has 1 aromatic heterocycles. The van der Waals surface area contributed by atoms with Gasteiger partial charge in [-0.05, 0) is 74.2 Å². The van der Waals surface area contributed by atoms with Crippen LogP contribution in [0.5, 0.6) is 0 Å². The monoisotopic (exact) mass is 546 g/mol. The van der Waals surface area contributed by atoms with Crippen molar-refractivity contribution in [3.05, 3.63) is 98.0 Å². The van der Waals surface area contributed by atoms with Crippen molar-refractivity contribution < 1.29 is 14.7 Å². The minimum Gasteiger partial charge on any atom is -0.507 e. The smallest absolute Gasteiger partial charge is 0.301 e. The fourth-order valence-electron chi connectivity index (χ4n) is 4.59. The number of hydrogen-bond donors (Lipinski definition) is 1. The molecule has 1 amide bonds. The number of rotatable bonds is 3. The molecule has 5 nitrogen and oxygen atoms in total. The van der Waals surface area contributed by atoms with Crippen molar-refractivity contribution in [2.45, 2.75) is 33.7 Å². The zero-order valence-electron chi connectivity index (χ0n) is 19.7. The van der Waals surface area contributed by atoms with Gasteiger partial charge in [0, 0.05) is 10.0 Å². The second-order valence-corrected chi connectivity index (χ2v) is 10.9. The van der Waals surface area contributed by atoms with E-state index in [1.807, 2.05) is 82.3 Å². The summed E-state index contributed by atoms with van der Waals surface area (Å²) < 4.78 is 1.82. The zero-order chi connectivity index (χ0) is 25.0. The number of aliphatic hydroxyl groups excluding tert-OH is 1. The Labute approximate surface area is 215 Å². The maximum atomic E-state index is 13.5. The molecule has 1 aliphatic rings. The Morgan fingerprint density at radius 3 is 2.37 bits per heavy atom. The van der Waals surface area contributed by atoms with Crippen LogP contribution in [0, 0.1) is 27.7 Å². The summed E-state index contributed by atoms with van der Waals surface area (Å²) >= 11 is 4.83. The van der Waals surface area contributed by atoms with E-state index in [1.165, 1.54) is 16.2 Å². The molecular formula is C28H23BrN2O3S. The molecule has 1 fully saturated rings. The highest BCUT2D eigenvalue weighted by Gasteiger charge is 2.48. The van der Waals surface area contributed by atoms with Gasteiger partial charge in [-0.25, -0.2) is 4.98 Å². The number of aliphatic hydroxyl groups is 1. The molecule has 1 atom stereocenters. The van der Waals surface area contributed by atoms with Gasteiger partial charge in [-0.1, -0.05) is 63.2 Å². The standard InChI is InChI=1S/C28H23BrN2O3S/c1-14-5-6-16(3)20(12-14)25(32)22-24(18-7-9-19(29)10-8-18)31(27(34)26(22)33)28-30-23-17(4)11-15(2)13-21(23)35-28/h5-13,24,32H,1-4H3/b25-22+. The quantitative estimate of drug-likeness (QED) is 0.172. The van der Waals surface area contributed by atoms with Crippen LogP contribution in [-0.4, -0.2) is 21.8 Å². The molecule has 0 bridgehead atoms. The van der Waals surface area contributed by atoms with Gasteiger partial charge in [0.1, 0.15) is 5.76 Å². The zero-order valence-corrected chi connectivity index (χ0v) is 22.1. The van der Waals surface area contributed by atoms with Gasteiger partial charge in [-0.15, -0.1) is 0 Å². The van der Waals surface area contributed by atoms with Crippen molar-refractivity contribution in [2.24, 2.45) is 0 Å². The van der Waals surface area contributed by atoms with Crippen LogP contribution in [0.15, 0.2) is 64.6 Å². The van der Waals surface area contributed by atoms with Gasteiger partial charge in [0.05, 0.1) is 21.8 Å². The third-order valence-corrected chi connectivity index (χ3v) is 7.83. The second-order valence-electron chi connectivity index (χ2n) is 8.96. The number of anilines is 1. The van der Waals surface area contributed by atoms with Crippen LogP contribution >= 0.6 is 27.3 Å². The maximum absolute atomic E-state index is 13.5. The number of hydrogen-bond acceptors (Lipinski definition) is 5. The highest BCUT2D eigenvalue weighted by atomic mass is 79.9. The first-order chi connectivity index (χ1) is 16.7. The topological polar surface area (TPSA) is 70.5 Å². The van der Waals surface area contributed by atoms with Gasteiger partial charge in [0.2, 0.25) is 0 Å². The highest BCUT2D eigenvalue weighted by molar-refractivity contribution is 9.10. The summed E-state index contributed by atoms with van der Waals surface area (Å²) in [5.41, 5.74) is 6.01. The van der Waals surface area contributed by atoms with E-state index >= 15 is 0 Å². The Hall–Kier alpha value is -3.29. The van der Waals surface area contributed by atoms with E-state index in [-0.39, 0.29) is 11.3 Å². The summed E-state index contributed by atoms with van der Waals surface area (Å²) in [4.78, 5) is 33.1. The molecule has 7 heteroatoms. The first kappa shape index (κ1) is 23.5. The van der Waals surface area contributed by atoms with Crippen molar-refractivity contribution >= 4 is 60.1 Å². The Morgan fingerprint density at radius 2 is 1.66 bits per heavy atom. The molecule has 1 saturated heterocycles. The van der Waals surface area contributed by atoms with Crippen LogP contribution in [0.2, 0.25) is 0 Å². The normalized spacial score (nSPS) is 17.5. The fourth-order valence-corrected chi connectivity index (χ4v) is 6.02. The van der Waals surface area contributed by atoms with Crippen molar-refractivity contribution in [1.29, 1.82) is 0 Å². The van der Waals surface area contributed by atoms with E-state index in [0.717, 1.165) is 36.9 Å². The highest BCUT2D eigenvalue weighted by Crippen LogP contribution is 2.45. The molecule has 176 valence electrons. The van der Waals surface area contributed by atoms with E-state index < -0.39 is 17.7 Å². The van der Waals surface area contributed by atoms with Crippen LogP contribution in [0.4, 0.5) is 5.13 Å². The van der Waals surface area contributed by atoms with Crippen molar-refractivity contribution in [3.8, 4) is 0 Å². The fraction of sp³-hybridized carbons (Fsp3) is 0.179. The third kappa shape index (κ3) is 3.98. The Balaban J connectivity index is 1.77. The van der Waals surface area contributed by atoms with Gasteiger partial charge >= 0.3 is 5.91 Å². The predicted octanol–water partition coefficient (Wildman–Crippen LogP) is 6.92. The molecule has 5 rings (SSSR count). The summed E-state index contributed by atoms with van der Waals surface area (Å²) in [5, 5.41) is 11.9. The molecule has 1 aliphatic heterocycles. The van der Waals surface area contributed by atoms with Crippen molar-refractivity contribution in [2.75, 3.05) is 4.90 Å². The molecule has 0 spiro atoms. The Bertz CT molecular complexity index is 1550.